The van der Waals surface area contributed by atoms with Crippen molar-refractivity contribution in [3.63, 3.8) is 0 Å². The van der Waals surface area contributed by atoms with E-state index in [-0.39, 0.29) is 29.2 Å². The third-order valence-corrected chi connectivity index (χ3v) is 4.12. The standard InChI is InChI=1S/C19H16FNO4/c1-2-15(23)16-17(11-6-8-14(22)9-7-11)21(19(25)18(16)24)13-5-3-4-12(20)10-13/h3-10,17,22,24H,2H2,1H3. The van der Waals surface area contributed by atoms with E-state index in [9.17, 15) is 24.2 Å². The summed E-state index contributed by atoms with van der Waals surface area (Å²) in [7, 11) is 0. The zero-order chi connectivity index (χ0) is 18.1. The van der Waals surface area contributed by atoms with Crippen molar-refractivity contribution in [1.29, 1.82) is 0 Å². The lowest BCUT2D eigenvalue weighted by Crippen LogP contribution is -2.31. The lowest BCUT2D eigenvalue weighted by atomic mass is 9.95. The Hall–Kier alpha value is -3.15. The number of amides is 1. The molecule has 0 bridgehead atoms. The van der Waals surface area contributed by atoms with E-state index in [0.29, 0.717) is 5.56 Å². The molecule has 1 atom stereocenters. The number of aromatic hydroxyl groups is 1. The molecule has 0 saturated heterocycles. The number of Topliss-reactive ketones (excluding diaryl/α,β-unsaturated/α-hetero) is 1. The van der Waals surface area contributed by atoms with Crippen molar-refractivity contribution in [3.8, 4) is 5.75 Å². The number of rotatable bonds is 4. The van der Waals surface area contributed by atoms with Crippen LogP contribution in [0.3, 0.4) is 0 Å². The first-order chi connectivity index (χ1) is 11.9. The SMILES string of the molecule is CCC(=O)C1=C(O)C(=O)N(c2cccc(F)c2)C1c1ccc(O)cc1. The Morgan fingerprint density at radius 3 is 2.44 bits per heavy atom. The van der Waals surface area contributed by atoms with Gasteiger partial charge in [-0.1, -0.05) is 25.1 Å². The molecule has 2 N–H and O–H groups in total. The highest BCUT2D eigenvalue weighted by Gasteiger charge is 2.43. The number of carbonyl (C=O) groups is 2. The number of carbonyl (C=O) groups excluding carboxylic acids is 2. The summed E-state index contributed by atoms with van der Waals surface area (Å²) in [4.78, 5) is 26.1. The maximum absolute atomic E-state index is 13.6. The quantitative estimate of drug-likeness (QED) is 0.893. The van der Waals surface area contributed by atoms with E-state index >= 15 is 0 Å². The molecule has 0 radical (unpaired) electrons. The summed E-state index contributed by atoms with van der Waals surface area (Å²) in [5.41, 5.74) is 0.729. The Morgan fingerprint density at radius 2 is 1.84 bits per heavy atom. The van der Waals surface area contributed by atoms with Gasteiger partial charge < -0.3 is 10.2 Å². The van der Waals surface area contributed by atoms with Gasteiger partial charge in [0.1, 0.15) is 11.6 Å². The van der Waals surface area contributed by atoms with Crippen LogP contribution in [0.1, 0.15) is 24.9 Å². The highest BCUT2D eigenvalue weighted by molar-refractivity contribution is 6.16. The van der Waals surface area contributed by atoms with Gasteiger partial charge in [-0.3, -0.25) is 14.5 Å². The Labute approximate surface area is 143 Å². The van der Waals surface area contributed by atoms with Gasteiger partial charge in [0.05, 0.1) is 11.6 Å². The number of benzene rings is 2. The number of anilines is 1. The summed E-state index contributed by atoms with van der Waals surface area (Å²) in [6, 6.07) is 10.5. The minimum absolute atomic E-state index is 0.0255. The molecule has 5 nitrogen and oxygen atoms in total. The normalized spacial score (nSPS) is 17.3. The van der Waals surface area contributed by atoms with Crippen molar-refractivity contribution in [2.24, 2.45) is 0 Å². The number of phenols is 1. The summed E-state index contributed by atoms with van der Waals surface area (Å²) in [6.45, 7) is 1.63. The molecule has 1 amide bonds. The number of aliphatic hydroxyl groups excluding tert-OH is 1. The predicted octanol–water partition coefficient (Wildman–Crippen LogP) is 3.41. The zero-order valence-electron chi connectivity index (χ0n) is 13.4. The van der Waals surface area contributed by atoms with Crippen molar-refractivity contribution < 1.29 is 24.2 Å². The number of hydrogen-bond donors (Lipinski definition) is 2. The molecule has 1 aliphatic rings. The van der Waals surface area contributed by atoms with Crippen LogP contribution in [0.25, 0.3) is 0 Å². The van der Waals surface area contributed by atoms with Gasteiger partial charge in [-0.25, -0.2) is 4.39 Å². The van der Waals surface area contributed by atoms with Crippen LogP contribution in [0, 0.1) is 5.82 Å². The van der Waals surface area contributed by atoms with Crippen molar-refractivity contribution in [2.45, 2.75) is 19.4 Å². The van der Waals surface area contributed by atoms with E-state index in [1.165, 1.54) is 35.2 Å². The van der Waals surface area contributed by atoms with Crippen LogP contribution in [-0.2, 0) is 9.59 Å². The molecule has 6 heteroatoms. The largest absolute Gasteiger partial charge is 0.508 e. The van der Waals surface area contributed by atoms with Crippen LogP contribution in [0.5, 0.6) is 5.75 Å². The highest BCUT2D eigenvalue weighted by Crippen LogP contribution is 2.41. The fourth-order valence-corrected chi connectivity index (χ4v) is 2.94. The van der Waals surface area contributed by atoms with E-state index in [1.807, 2.05) is 0 Å². The van der Waals surface area contributed by atoms with Crippen molar-refractivity contribution in [3.05, 3.63) is 71.2 Å². The minimum atomic E-state index is -0.887. The fourth-order valence-electron chi connectivity index (χ4n) is 2.94. The molecule has 1 heterocycles. The predicted molar refractivity (Wildman–Crippen MR) is 89.7 cm³/mol. The molecular formula is C19H16FNO4. The fraction of sp³-hybridized carbons (Fsp3) is 0.158. The summed E-state index contributed by atoms with van der Waals surface area (Å²) < 4.78 is 13.6. The number of ketones is 1. The van der Waals surface area contributed by atoms with Gasteiger partial charge >= 0.3 is 0 Å². The number of nitrogens with zero attached hydrogens (tertiary/aromatic N) is 1. The number of phenolic OH excluding ortho intramolecular Hbond substituents is 1. The number of aliphatic hydroxyl groups is 1. The third kappa shape index (κ3) is 2.87. The van der Waals surface area contributed by atoms with Crippen LogP contribution in [0.2, 0.25) is 0 Å². The third-order valence-electron chi connectivity index (χ3n) is 4.12. The van der Waals surface area contributed by atoms with Gasteiger partial charge in [0.15, 0.2) is 11.5 Å². The molecular weight excluding hydrogens is 325 g/mol. The topological polar surface area (TPSA) is 77.8 Å². The van der Waals surface area contributed by atoms with Crippen molar-refractivity contribution in [1.82, 2.24) is 0 Å². The van der Waals surface area contributed by atoms with Crippen molar-refractivity contribution in [2.75, 3.05) is 4.90 Å². The van der Waals surface area contributed by atoms with Gasteiger partial charge in [-0.05, 0) is 35.9 Å². The Balaban J connectivity index is 2.18. The monoisotopic (exact) mass is 341 g/mol. The molecule has 0 fully saturated rings. The van der Waals surface area contributed by atoms with Gasteiger partial charge in [0.25, 0.3) is 5.91 Å². The first kappa shape index (κ1) is 16.7. The summed E-state index contributed by atoms with van der Waals surface area (Å²) in [5.74, 6) is -2.27. The second kappa shape index (κ2) is 6.39. The van der Waals surface area contributed by atoms with Crippen LogP contribution < -0.4 is 4.90 Å². The zero-order valence-corrected chi connectivity index (χ0v) is 13.4. The molecule has 0 aromatic heterocycles. The second-order valence-corrected chi connectivity index (χ2v) is 5.69. The summed E-state index contributed by atoms with van der Waals surface area (Å²) >= 11 is 0. The smallest absolute Gasteiger partial charge is 0.294 e. The van der Waals surface area contributed by atoms with Crippen LogP contribution >= 0.6 is 0 Å². The summed E-state index contributed by atoms with van der Waals surface area (Å²) in [5, 5.41) is 19.8. The minimum Gasteiger partial charge on any atom is -0.508 e. The molecule has 0 saturated carbocycles. The molecule has 2 aromatic rings. The van der Waals surface area contributed by atoms with E-state index in [2.05, 4.69) is 0 Å². The maximum Gasteiger partial charge on any atom is 0.294 e. The van der Waals surface area contributed by atoms with Crippen molar-refractivity contribution >= 4 is 17.4 Å². The maximum atomic E-state index is 13.6. The van der Waals surface area contributed by atoms with E-state index in [4.69, 9.17) is 0 Å². The molecule has 1 aliphatic heterocycles. The van der Waals surface area contributed by atoms with E-state index in [0.717, 1.165) is 6.07 Å². The molecule has 0 aliphatic carbocycles. The van der Waals surface area contributed by atoms with Crippen LogP contribution in [0.4, 0.5) is 10.1 Å². The van der Waals surface area contributed by atoms with Gasteiger partial charge in [0.2, 0.25) is 0 Å². The molecule has 1 unspecified atom stereocenters. The molecule has 25 heavy (non-hydrogen) atoms. The second-order valence-electron chi connectivity index (χ2n) is 5.69. The molecule has 128 valence electrons. The number of hydrogen-bond acceptors (Lipinski definition) is 4. The summed E-state index contributed by atoms with van der Waals surface area (Å²) in [6.07, 6.45) is 0.109. The molecule has 2 aromatic carbocycles. The van der Waals surface area contributed by atoms with Gasteiger partial charge in [-0.15, -0.1) is 0 Å². The van der Waals surface area contributed by atoms with E-state index in [1.54, 1.807) is 19.1 Å². The van der Waals surface area contributed by atoms with E-state index < -0.39 is 23.5 Å². The Bertz CT molecular complexity index is 873. The highest BCUT2D eigenvalue weighted by atomic mass is 19.1. The Morgan fingerprint density at radius 1 is 1.16 bits per heavy atom. The lowest BCUT2D eigenvalue weighted by Gasteiger charge is -2.27. The Kier molecular flexibility index (Phi) is 4.27. The van der Waals surface area contributed by atoms with Gasteiger partial charge in [0, 0.05) is 12.1 Å². The molecule has 0 spiro atoms. The first-order valence-electron chi connectivity index (χ1n) is 7.78. The van der Waals surface area contributed by atoms with Gasteiger partial charge in [-0.2, -0.15) is 0 Å². The average Bonchev–Trinajstić information content (AvgIpc) is 2.86. The molecule has 3 rings (SSSR count). The first-order valence-corrected chi connectivity index (χ1v) is 7.78. The lowest BCUT2D eigenvalue weighted by molar-refractivity contribution is -0.118. The van der Waals surface area contributed by atoms with Crippen LogP contribution in [0.15, 0.2) is 59.9 Å². The number of halogens is 1. The average molecular weight is 341 g/mol. The van der Waals surface area contributed by atoms with Crippen LogP contribution in [-0.4, -0.2) is 21.9 Å².